The van der Waals surface area contributed by atoms with Crippen molar-refractivity contribution in [2.24, 2.45) is 0 Å². The van der Waals surface area contributed by atoms with Gasteiger partial charge in [0.15, 0.2) is 0 Å². The summed E-state index contributed by atoms with van der Waals surface area (Å²) < 4.78 is 12.6. The van der Waals surface area contributed by atoms with Gasteiger partial charge in [-0.15, -0.1) is 0 Å². The van der Waals surface area contributed by atoms with Crippen LogP contribution in [0.5, 0.6) is 0 Å². The van der Waals surface area contributed by atoms with Crippen molar-refractivity contribution in [2.45, 2.75) is 19.1 Å². The third-order valence-corrected chi connectivity index (χ3v) is 3.11. The summed E-state index contributed by atoms with van der Waals surface area (Å²) in [5.41, 5.74) is 0.320. The Morgan fingerprint density at radius 2 is 2.00 bits per heavy atom. The molecule has 0 aromatic heterocycles. The number of benzene rings is 1. The molecule has 1 unspecified atom stereocenters. The first-order chi connectivity index (χ1) is 7.53. The topological polar surface area (TPSA) is 32.3 Å². The van der Waals surface area contributed by atoms with Crippen molar-refractivity contribution in [2.75, 3.05) is 18.6 Å². The number of aliphatic hydroxyl groups is 1. The van der Waals surface area contributed by atoms with Crippen LogP contribution in [0.3, 0.4) is 0 Å². The Labute approximate surface area is 100 Å². The molecule has 1 aromatic rings. The third kappa shape index (κ3) is 4.96. The minimum atomic E-state index is -0.695. The Kier molecular flexibility index (Phi) is 5.25. The zero-order valence-corrected chi connectivity index (χ0v) is 10.5. The molecule has 0 radical (unpaired) electrons. The highest BCUT2D eigenvalue weighted by Gasteiger charge is 2.18. The van der Waals surface area contributed by atoms with Gasteiger partial charge in [0.05, 0.1) is 5.60 Å². The van der Waals surface area contributed by atoms with E-state index in [1.54, 1.807) is 30.8 Å². The van der Waals surface area contributed by atoms with E-state index < -0.39 is 5.60 Å². The smallest absolute Gasteiger partial charge is 0.123 e. The number of hydrogen-bond acceptors (Lipinski definition) is 3. The van der Waals surface area contributed by atoms with Gasteiger partial charge in [-0.3, -0.25) is 0 Å². The van der Waals surface area contributed by atoms with Gasteiger partial charge in [0.1, 0.15) is 5.82 Å². The van der Waals surface area contributed by atoms with Gasteiger partial charge in [-0.1, -0.05) is 12.1 Å². The normalized spacial score (nSPS) is 14.8. The van der Waals surface area contributed by atoms with Crippen molar-refractivity contribution < 1.29 is 9.50 Å². The maximum absolute atomic E-state index is 12.6. The number of nitrogens with one attached hydrogen (secondary N) is 1. The predicted octanol–water partition coefficient (Wildman–Crippen LogP) is 2.03. The maximum Gasteiger partial charge on any atom is 0.123 e. The summed E-state index contributed by atoms with van der Waals surface area (Å²) in [7, 11) is 0. The molecular weight excluding hydrogens is 225 g/mol. The molecule has 1 aromatic carbocycles. The highest BCUT2D eigenvalue weighted by Crippen LogP contribution is 2.09. The lowest BCUT2D eigenvalue weighted by Crippen LogP contribution is -2.39. The monoisotopic (exact) mass is 243 g/mol. The molecule has 0 fully saturated rings. The summed E-state index contributed by atoms with van der Waals surface area (Å²) in [6, 6.07) is 6.37. The predicted molar refractivity (Wildman–Crippen MR) is 67.1 cm³/mol. The lowest BCUT2D eigenvalue weighted by Gasteiger charge is -2.22. The Morgan fingerprint density at radius 1 is 1.38 bits per heavy atom. The molecule has 0 amide bonds. The maximum atomic E-state index is 12.6. The Bertz CT molecular complexity index is 313. The third-order valence-electron chi connectivity index (χ3n) is 2.20. The van der Waals surface area contributed by atoms with E-state index in [1.807, 2.05) is 6.26 Å². The van der Waals surface area contributed by atoms with Gasteiger partial charge in [-0.05, 0) is 30.9 Å². The Morgan fingerprint density at radius 3 is 2.56 bits per heavy atom. The highest BCUT2D eigenvalue weighted by molar-refractivity contribution is 7.98. The van der Waals surface area contributed by atoms with Crippen LogP contribution in [0.25, 0.3) is 0 Å². The van der Waals surface area contributed by atoms with Crippen molar-refractivity contribution in [1.82, 2.24) is 5.32 Å². The van der Waals surface area contributed by atoms with Crippen molar-refractivity contribution in [3.63, 3.8) is 0 Å². The second kappa shape index (κ2) is 6.23. The van der Waals surface area contributed by atoms with Crippen LogP contribution in [-0.4, -0.2) is 29.3 Å². The number of rotatable bonds is 6. The van der Waals surface area contributed by atoms with E-state index >= 15 is 0 Å². The first kappa shape index (κ1) is 13.5. The van der Waals surface area contributed by atoms with E-state index in [0.29, 0.717) is 18.8 Å². The van der Waals surface area contributed by atoms with E-state index in [0.717, 1.165) is 5.56 Å². The van der Waals surface area contributed by atoms with E-state index in [9.17, 15) is 9.50 Å². The van der Waals surface area contributed by atoms with E-state index in [4.69, 9.17) is 0 Å². The molecule has 0 saturated carbocycles. The van der Waals surface area contributed by atoms with E-state index in [1.165, 1.54) is 12.1 Å². The molecule has 2 nitrogen and oxygen atoms in total. The van der Waals surface area contributed by atoms with Crippen LogP contribution in [0.2, 0.25) is 0 Å². The fourth-order valence-corrected chi connectivity index (χ4v) is 2.16. The van der Waals surface area contributed by atoms with Crippen molar-refractivity contribution >= 4 is 11.8 Å². The fraction of sp³-hybridized carbons (Fsp3) is 0.500. The molecule has 0 aliphatic rings. The minimum Gasteiger partial charge on any atom is -0.388 e. The number of hydrogen-bond donors (Lipinski definition) is 2. The SMILES string of the molecule is CSCC(C)(O)CNCc1ccc(F)cc1. The lowest BCUT2D eigenvalue weighted by molar-refractivity contribution is 0.0846. The number of halogens is 1. The first-order valence-electron chi connectivity index (χ1n) is 5.20. The standard InChI is InChI=1S/C12H18FNOS/c1-12(15,9-16-2)8-14-7-10-3-5-11(13)6-4-10/h3-6,14-15H,7-9H2,1-2H3. The molecule has 0 saturated heterocycles. The first-order valence-corrected chi connectivity index (χ1v) is 6.59. The van der Waals surface area contributed by atoms with Gasteiger partial charge < -0.3 is 10.4 Å². The van der Waals surface area contributed by atoms with Crippen LogP contribution in [0.1, 0.15) is 12.5 Å². The van der Waals surface area contributed by atoms with E-state index in [-0.39, 0.29) is 5.82 Å². The summed E-state index contributed by atoms with van der Waals surface area (Å²) >= 11 is 1.62. The van der Waals surface area contributed by atoms with Gasteiger partial charge in [0, 0.05) is 18.8 Å². The molecule has 0 heterocycles. The summed E-state index contributed by atoms with van der Waals surface area (Å²) in [5, 5.41) is 13.1. The quantitative estimate of drug-likeness (QED) is 0.802. The molecule has 0 bridgehead atoms. The average Bonchev–Trinajstić information content (AvgIpc) is 2.20. The molecule has 0 aliphatic carbocycles. The van der Waals surface area contributed by atoms with Crippen LogP contribution in [-0.2, 0) is 6.54 Å². The average molecular weight is 243 g/mol. The van der Waals surface area contributed by atoms with Crippen molar-refractivity contribution in [3.05, 3.63) is 35.6 Å². The number of thioether (sulfide) groups is 1. The van der Waals surface area contributed by atoms with Gasteiger partial charge in [0.2, 0.25) is 0 Å². The molecule has 0 spiro atoms. The lowest BCUT2D eigenvalue weighted by atomic mass is 10.1. The van der Waals surface area contributed by atoms with Gasteiger partial charge >= 0.3 is 0 Å². The molecular formula is C12H18FNOS. The summed E-state index contributed by atoms with van der Waals surface area (Å²) in [4.78, 5) is 0. The van der Waals surface area contributed by atoms with E-state index in [2.05, 4.69) is 5.32 Å². The zero-order chi connectivity index (χ0) is 12.0. The molecule has 2 N–H and O–H groups in total. The van der Waals surface area contributed by atoms with Gasteiger partial charge in [-0.2, -0.15) is 11.8 Å². The van der Waals surface area contributed by atoms with Gasteiger partial charge in [-0.25, -0.2) is 4.39 Å². The second-order valence-electron chi connectivity index (χ2n) is 4.16. The summed E-state index contributed by atoms with van der Waals surface area (Å²) in [5.74, 6) is 0.474. The Hall–Kier alpha value is -0.580. The zero-order valence-electron chi connectivity index (χ0n) is 9.66. The van der Waals surface area contributed by atoms with Crippen molar-refractivity contribution in [3.8, 4) is 0 Å². The highest BCUT2D eigenvalue weighted by atomic mass is 32.2. The second-order valence-corrected chi connectivity index (χ2v) is 5.03. The summed E-state index contributed by atoms with van der Waals surface area (Å²) in [6.07, 6.45) is 1.97. The van der Waals surface area contributed by atoms with Crippen LogP contribution >= 0.6 is 11.8 Å². The molecule has 90 valence electrons. The molecule has 16 heavy (non-hydrogen) atoms. The van der Waals surface area contributed by atoms with Crippen LogP contribution in [0, 0.1) is 5.82 Å². The molecule has 4 heteroatoms. The molecule has 1 rings (SSSR count). The summed E-state index contributed by atoms with van der Waals surface area (Å²) in [6.45, 7) is 2.98. The molecule has 1 atom stereocenters. The van der Waals surface area contributed by atoms with Crippen LogP contribution in [0.4, 0.5) is 4.39 Å². The van der Waals surface area contributed by atoms with Crippen LogP contribution < -0.4 is 5.32 Å². The van der Waals surface area contributed by atoms with Crippen LogP contribution in [0.15, 0.2) is 24.3 Å². The Balaban J connectivity index is 2.32. The molecule has 0 aliphatic heterocycles. The largest absolute Gasteiger partial charge is 0.388 e. The minimum absolute atomic E-state index is 0.224. The van der Waals surface area contributed by atoms with Gasteiger partial charge in [0.25, 0.3) is 0 Å². The van der Waals surface area contributed by atoms with Crippen molar-refractivity contribution in [1.29, 1.82) is 0 Å². The fourth-order valence-electron chi connectivity index (χ4n) is 1.44.